The minimum Gasteiger partial charge on any atom is -0.451 e. The van der Waals surface area contributed by atoms with E-state index in [0.29, 0.717) is 5.02 Å². The molecule has 0 bridgehead atoms. The predicted octanol–water partition coefficient (Wildman–Crippen LogP) is 1.61. The molecule has 150 valence electrons. The smallest absolute Gasteiger partial charge is 0.327 e. The molecular formula is C19H22ClN3O5. The number of benzene rings is 1. The van der Waals surface area contributed by atoms with Crippen molar-refractivity contribution in [3.05, 3.63) is 34.9 Å². The van der Waals surface area contributed by atoms with Crippen LogP contribution in [0, 0.1) is 5.92 Å². The van der Waals surface area contributed by atoms with E-state index in [4.69, 9.17) is 16.3 Å². The monoisotopic (exact) mass is 407 g/mol. The van der Waals surface area contributed by atoms with Gasteiger partial charge in [0.25, 0.3) is 11.8 Å². The second kappa shape index (κ2) is 7.79. The SMILES string of the molecule is C[C@H](OC(=O)CN1C(=O)N[C@@](C)(C2CC2)C1=O)C(=O)NCc1ccccc1Cl. The molecule has 4 amide bonds. The first kappa shape index (κ1) is 20.1. The number of urea groups is 1. The summed E-state index contributed by atoms with van der Waals surface area (Å²) >= 11 is 6.03. The van der Waals surface area contributed by atoms with E-state index in [0.717, 1.165) is 23.3 Å². The Morgan fingerprint density at radius 2 is 2.04 bits per heavy atom. The van der Waals surface area contributed by atoms with E-state index in [-0.39, 0.29) is 12.5 Å². The largest absolute Gasteiger partial charge is 0.451 e. The zero-order valence-electron chi connectivity index (χ0n) is 15.7. The summed E-state index contributed by atoms with van der Waals surface area (Å²) in [5.41, 5.74) is -0.232. The molecule has 1 aliphatic heterocycles. The molecular weight excluding hydrogens is 386 g/mol. The quantitative estimate of drug-likeness (QED) is 0.527. The molecule has 3 rings (SSSR count). The van der Waals surface area contributed by atoms with E-state index in [1.807, 2.05) is 0 Å². The van der Waals surface area contributed by atoms with Gasteiger partial charge in [-0.15, -0.1) is 0 Å². The van der Waals surface area contributed by atoms with E-state index >= 15 is 0 Å². The Labute approximate surface area is 167 Å². The molecule has 0 unspecified atom stereocenters. The molecule has 2 N–H and O–H groups in total. The molecule has 1 aliphatic carbocycles. The van der Waals surface area contributed by atoms with E-state index in [2.05, 4.69) is 10.6 Å². The van der Waals surface area contributed by atoms with E-state index in [1.54, 1.807) is 31.2 Å². The first-order valence-corrected chi connectivity index (χ1v) is 9.45. The Kier molecular flexibility index (Phi) is 5.60. The fraction of sp³-hybridized carbons (Fsp3) is 0.474. The average Bonchev–Trinajstić information content (AvgIpc) is 3.47. The number of halogens is 1. The lowest BCUT2D eigenvalue weighted by atomic mass is 9.96. The Bertz CT molecular complexity index is 826. The van der Waals surface area contributed by atoms with Gasteiger partial charge >= 0.3 is 12.0 Å². The number of ether oxygens (including phenoxy) is 1. The molecule has 1 saturated heterocycles. The highest BCUT2D eigenvalue weighted by Crippen LogP contribution is 2.42. The van der Waals surface area contributed by atoms with E-state index in [9.17, 15) is 19.2 Å². The molecule has 2 aliphatic rings. The number of nitrogens with one attached hydrogen (secondary N) is 2. The number of hydrogen-bond donors (Lipinski definition) is 2. The highest BCUT2D eigenvalue weighted by molar-refractivity contribution is 6.31. The van der Waals surface area contributed by atoms with Crippen molar-refractivity contribution in [1.82, 2.24) is 15.5 Å². The summed E-state index contributed by atoms with van der Waals surface area (Å²) in [5.74, 6) is -1.68. The van der Waals surface area contributed by atoms with Gasteiger partial charge in [0.2, 0.25) is 0 Å². The van der Waals surface area contributed by atoms with Gasteiger partial charge in [-0.05, 0) is 44.2 Å². The van der Waals surface area contributed by atoms with Gasteiger partial charge in [0, 0.05) is 11.6 Å². The Balaban J connectivity index is 1.50. The van der Waals surface area contributed by atoms with Crippen molar-refractivity contribution in [2.24, 2.45) is 5.92 Å². The molecule has 0 spiro atoms. The standard InChI is InChI=1S/C19H22ClN3O5/c1-11(16(25)21-9-12-5-3-4-6-14(12)20)28-15(24)10-23-17(26)19(2,13-7-8-13)22-18(23)27/h3-6,11,13H,7-10H2,1-2H3,(H,21,25)(H,22,27)/t11-,19-/m0/s1. The highest BCUT2D eigenvalue weighted by atomic mass is 35.5. The molecule has 1 aromatic carbocycles. The van der Waals surface area contributed by atoms with Crippen LogP contribution in [0.5, 0.6) is 0 Å². The van der Waals surface area contributed by atoms with Gasteiger partial charge in [0.05, 0.1) is 0 Å². The summed E-state index contributed by atoms with van der Waals surface area (Å²) < 4.78 is 5.08. The van der Waals surface area contributed by atoms with Crippen LogP contribution in [0.3, 0.4) is 0 Å². The van der Waals surface area contributed by atoms with Gasteiger partial charge in [-0.1, -0.05) is 29.8 Å². The summed E-state index contributed by atoms with van der Waals surface area (Å²) in [6, 6.07) is 6.44. The number of carbonyl (C=O) groups is 4. The van der Waals surface area contributed by atoms with Crippen LogP contribution in [0.1, 0.15) is 32.3 Å². The third-order valence-electron chi connectivity index (χ3n) is 5.07. The fourth-order valence-corrected chi connectivity index (χ4v) is 3.38. The summed E-state index contributed by atoms with van der Waals surface area (Å²) in [6.07, 6.45) is 0.651. The van der Waals surface area contributed by atoms with Crippen molar-refractivity contribution < 1.29 is 23.9 Å². The molecule has 1 saturated carbocycles. The minimum atomic E-state index is -1.08. The van der Waals surface area contributed by atoms with Crippen LogP contribution in [-0.2, 0) is 25.7 Å². The number of imide groups is 1. The Morgan fingerprint density at radius 3 is 2.68 bits per heavy atom. The number of esters is 1. The second-order valence-corrected chi connectivity index (χ2v) is 7.65. The Morgan fingerprint density at radius 1 is 1.36 bits per heavy atom. The maximum atomic E-state index is 12.5. The topological polar surface area (TPSA) is 105 Å². The van der Waals surface area contributed by atoms with Crippen LogP contribution >= 0.6 is 11.6 Å². The third-order valence-corrected chi connectivity index (χ3v) is 5.44. The molecule has 1 heterocycles. The van der Waals surface area contributed by atoms with Gasteiger partial charge in [0.15, 0.2) is 6.10 Å². The number of hydrogen-bond acceptors (Lipinski definition) is 5. The summed E-state index contributed by atoms with van der Waals surface area (Å²) in [6.45, 7) is 2.74. The molecule has 2 fully saturated rings. The summed E-state index contributed by atoms with van der Waals surface area (Å²) in [5, 5.41) is 5.81. The van der Waals surface area contributed by atoms with Gasteiger partial charge in [0.1, 0.15) is 12.1 Å². The lowest BCUT2D eigenvalue weighted by Crippen LogP contribution is -2.46. The van der Waals surface area contributed by atoms with E-state index in [1.165, 1.54) is 6.92 Å². The fourth-order valence-electron chi connectivity index (χ4n) is 3.18. The first-order valence-electron chi connectivity index (χ1n) is 9.07. The predicted molar refractivity (Wildman–Crippen MR) is 100 cm³/mol. The first-order chi connectivity index (χ1) is 13.2. The van der Waals surface area contributed by atoms with E-state index < -0.39 is 42.0 Å². The number of amides is 4. The van der Waals surface area contributed by atoms with Gasteiger partial charge in [-0.3, -0.25) is 19.3 Å². The molecule has 2 atom stereocenters. The highest BCUT2D eigenvalue weighted by Gasteiger charge is 2.56. The molecule has 0 radical (unpaired) electrons. The Hall–Kier alpha value is -2.61. The third kappa shape index (κ3) is 4.11. The molecule has 0 aromatic heterocycles. The molecule has 8 nitrogen and oxygen atoms in total. The van der Waals surface area contributed by atoms with Gasteiger partial charge < -0.3 is 15.4 Å². The van der Waals surface area contributed by atoms with Crippen molar-refractivity contribution in [3.8, 4) is 0 Å². The number of carbonyl (C=O) groups excluding carboxylic acids is 4. The zero-order valence-corrected chi connectivity index (χ0v) is 16.4. The van der Waals surface area contributed by atoms with Gasteiger partial charge in [-0.2, -0.15) is 0 Å². The number of rotatable bonds is 7. The zero-order chi connectivity index (χ0) is 20.5. The van der Waals surface area contributed by atoms with Crippen molar-refractivity contribution in [3.63, 3.8) is 0 Å². The van der Waals surface area contributed by atoms with Crippen LogP contribution in [0.2, 0.25) is 5.02 Å². The number of nitrogens with zero attached hydrogens (tertiary/aromatic N) is 1. The van der Waals surface area contributed by atoms with Crippen LogP contribution in [0.25, 0.3) is 0 Å². The maximum absolute atomic E-state index is 12.5. The average molecular weight is 408 g/mol. The van der Waals surface area contributed by atoms with Crippen LogP contribution in [-0.4, -0.2) is 46.9 Å². The second-order valence-electron chi connectivity index (χ2n) is 7.24. The van der Waals surface area contributed by atoms with Crippen molar-refractivity contribution >= 4 is 35.4 Å². The van der Waals surface area contributed by atoms with Gasteiger partial charge in [-0.25, -0.2) is 4.79 Å². The van der Waals surface area contributed by atoms with Crippen LogP contribution < -0.4 is 10.6 Å². The van der Waals surface area contributed by atoms with Crippen molar-refractivity contribution in [2.45, 2.75) is 44.9 Å². The lowest BCUT2D eigenvalue weighted by Gasteiger charge is -2.21. The normalized spacial score (nSPS) is 22.6. The van der Waals surface area contributed by atoms with Crippen LogP contribution in [0.15, 0.2) is 24.3 Å². The van der Waals surface area contributed by atoms with Crippen LogP contribution in [0.4, 0.5) is 4.79 Å². The van der Waals surface area contributed by atoms with Crippen molar-refractivity contribution in [1.29, 1.82) is 0 Å². The summed E-state index contributed by atoms with van der Waals surface area (Å²) in [4.78, 5) is 49.7. The molecule has 1 aromatic rings. The van der Waals surface area contributed by atoms with Crippen molar-refractivity contribution in [2.75, 3.05) is 6.54 Å². The minimum absolute atomic E-state index is 0.0967. The molecule has 28 heavy (non-hydrogen) atoms. The lowest BCUT2D eigenvalue weighted by molar-refractivity contribution is -0.156. The molecule has 9 heteroatoms. The maximum Gasteiger partial charge on any atom is 0.327 e. The summed E-state index contributed by atoms with van der Waals surface area (Å²) in [7, 11) is 0.